The average Bonchev–Trinajstić information content (AvgIpc) is 2.21. The van der Waals surface area contributed by atoms with Gasteiger partial charge in [0.1, 0.15) is 5.75 Å². The number of ether oxygens (including phenoxy) is 1. The quantitative estimate of drug-likeness (QED) is 0.893. The fourth-order valence-corrected chi connectivity index (χ4v) is 1.73. The summed E-state index contributed by atoms with van der Waals surface area (Å²) in [5, 5.41) is 17.3. The molecule has 0 radical (unpaired) electrons. The molecular weight excluding hydrogens is 281 g/mol. The average molecular weight is 287 g/mol. The molecule has 1 aromatic rings. The first kappa shape index (κ1) is 14.0. The van der Waals surface area contributed by atoms with Crippen LogP contribution in [0.15, 0.2) is 12.1 Å². The molecule has 1 rings (SSSR count). The fraction of sp³-hybridized carbons (Fsp3) is 0.222. The van der Waals surface area contributed by atoms with Crippen molar-refractivity contribution < 1.29 is 28.5 Å². The number of rotatable bonds is 4. The monoisotopic (exact) mass is 286 g/mol. The van der Waals surface area contributed by atoms with E-state index < -0.39 is 29.5 Å². The van der Waals surface area contributed by atoms with Gasteiger partial charge in [0.2, 0.25) is 0 Å². The molecule has 8 heteroatoms. The number of hydrogen-bond acceptors (Lipinski definition) is 3. The van der Waals surface area contributed by atoms with E-state index in [0.29, 0.717) is 0 Å². The molecular formula is C9H6Cl2F2O4. The van der Waals surface area contributed by atoms with Crippen molar-refractivity contribution in [1.29, 1.82) is 0 Å². The molecule has 0 spiro atoms. The van der Waals surface area contributed by atoms with E-state index in [1.54, 1.807) is 0 Å². The van der Waals surface area contributed by atoms with Gasteiger partial charge in [-0.05, 0) is 12.1 Å². The highest BCUT2D eigenvalue weighted by Gasteiger charge is 2.25. The SMILES string of the molecule is O=C(O)[C@H](O)c1c(Cl)ccc(OC(F)F)c1Cl. The van der Waals surface area contributed by atoms with Gasteiger partial charge in [0.15, 0.2) is 6.10 Å². The van der Waals surface area contributed by atoms with Crippen LogP contribution in [0.3, 0.4) is 0 Å². The Bertz CT molecular complexity index is 439. The van der Waals surface area contributed by atoms with Crippen LogP contribution in [0.25, 0.3) is 0 Å². The standard InChI is InChI=1S/C9H6Cl2F2O4/c10-3-1-2-4(17-9(12)13)6(11)5(3)7(14)8(15)16/h1-2,7,9,14H,(H,15,16)/t7-/m1/s1. The van der Waals surface area contributed by atoms with Gasteiger partial charge < -0.3 is 14.9 Å². The number of alkyl halides is 2. The van der Waals surface area contributed by atoms with E-state index in [0.717, 1.165) is 12.1 Å². The molecule has 0 aromatic heterocycles. The molecule has 17 heavy (non-hydrogen) atoms. The number of hydrogen-bond donors (Lipinski definition) is 2. The number of carboxylic acids is 1. The van der Waals surface area contributed by atoms with Crippen molar-refractivity contribution in [2.75, 3.05) is 0 Å². The van der Waals surface area contributed by atoms with Gasteiger partial charge in [-0.15, -0.1) is 0 Å². The van der Waals surface area contributed by atoms with Crippen LogP contribution >= 0.6 is 23.2 Å². The van der Waals surface area contributed by atoms with E-state index in [-0.39, 0.29) is 10.6 Å². The van der Waals surface area contributed by atoms with Crippen molar-refractivity contribution in [3.05, 3.63) is 27.7 Å². The summed E-state index contributed by atoms with van der Waals surface area (Å²) >= 11 is 11.3. The van der Waals surface area contributed by atoms with E-state index in [4.69, 9.17) is 28.3 Å². The number of carbonyl (C=O) groups is 1. The third-order valence-electron chi connectivity index (χ3n) is 1.81. The Balaban J connectivity index is 3.24. The Labute approximate surface area is 104 Å². The summed E-state index contributed by atoms with van der Waals surface area (Å²) in [6.45, 7) is -3.12. The van der Waals surface area contributed by atoms with E-state index in [1.807, 2.05) is 0 Å². The lowest BCUT2D eigenvalue weighted by molar-refractivity contribution is -0.146. The summed E-state index contributed by atoms with van der Waals surface area (Å²) in [4.78, 5) is 10.6. The molecule has 1 aromatic carbocycles. The molecule has 0 unspecified atom stereocenters. The molecule has 2 N–H and O–H groups in total. The molecule has 0 saturated heterocycles. The van der Waals surface area contributed by atoms with E-state index in [2.05, 4.69) is 4.74 Å². The third kappa shape index (κ3) is 3.18. The van der Waals surface area contributed by atoms with E-state index in [1.165, 1.54) is 0 Å². The zero-order valence-corrected chi connectivity index (χ0v) is 9.54. The normalized spacial score (nSPS) is 12.6. The largest absolute Gasteiger partial charge is 0.479 e. The highest BCUT2D eigenvalue weighted by Crippen LogP contribution is 2.37. The van der Waals surface area contributed by atoms with Crippen molar-refractivity contribution in [3.63, 3.8) is 0 Å². The van der Waals surface area contributed by atoms with Crippen LogP contribution in [-0.2, 0) is 4.79 Å². The van der Waals surface area contributed by atoms with Gasteiger partial charge >= 0.3 is 12.6 Å². The smallest absolute Gasteiger partial charge is 0.387 e. The van der Waals surface area contributed by atoms with Crippen LogP contribution in [-0.4, -0.2) is 22.8 Å². The first-order valence-corrected chi connectivity index (χ1v) is 4.93. The van der Waals surface area contributed by atoms with Crippen LogP contribution in [0, 0.1) is 0 Å². The van der Waals surface area contributed by atoms with Gasteiger partial charge in [-0.3, -0.25) is 0 Å². The second-order valence-corrected chi connectivity index (χ2v) is 3.68. The minimum atomic E-state index is -3.12. The van der Waals surface area contributed by atoms with Crippen molar-refractivity contribution in [1.82, 2.24) is 0 Å². The predicted octanol–water partition coefficient (Wildman–Crippen LogP) is 2.71. The first-order valence-electron chi connectivity index (χ1n) is 4.18. The Hall–Kier alpha value is -1.11. The predicted molar refractivity (Wildman–Crippen MR) is 55.7 cm³/mol. The van der Waals surface area contributed by atoms with Crippen molar-refractivity contribution in [3.8, 4) is 5.75 Å². The fourth-order valence-electron chi connectivity index (χ4n) is 1.11. The number of benzene rings is 1. The van der Waals surface area contributed by atoms with E-state index in [9.17, 15) is 18.7 Å². The number of aliphatic hydroxyl groups excluding tert-OH is 1. The molecule has 0 fully saturated rings. The second kappa shape index (κ2) is 5.48. The summed E-state index contributed by atoms with van der Waals surface area (Å²) in [5.74, 6) is -2.07. The highest BCUT2D eigenvalue weighted by molar-refractivity contribution is 6.37. The van der Waals surface area contributed by atoms with Crippen LogP contribution in [0.4, 0.5) is 8.78 Å². The summed E-state index contributed by atoms with van der Waals surface area (Å²) in [7, 11) is 0. The van der Waals surface area contributed by atoms with Crippen molar-refractivity contribution >= 4 is 29.2 Å². The molecule has 0 saturated carbocycles. The van der Waals surface area contributed by atoms with E-state index >= 15 is 0 Å². The second-order valence-electron chi connectivity index (χ2n) is 2.89. The summed E-state index contributed by atoms with van der Waals surface area (Å²) in [6.07, 6.45) is -2.02. The topological polar surface area (TPSA) is 66.8 Å². The Morgan fingerprint density at radius 1 is 1.35 bits per heavy atom. The van der Waals surface area contributed by atoms with Crippen LogP contribution in [0.1, 0.15) is 11.7 Å². The summed E-state index contributed by atoms with van der Waals surface area (Å²) in [6, 6.07) is 2.15. The summed E-state index contributed by atoms with van der Waals surface area (Å²) < 4.78 is 28.0. The number of halogens is 4. The lowest BCUT2D eigenvalue weighted by atomic mass is 10.1. The molecule has 0 aliphatic heterocycles. The van der Waals surface area contributed by atoms with Crippen molar-refractivity contribution in [2.24, 2.45) is 0 Å². The summed E-state index contributed by atoms with van der Waals surface area (Å²) in [5.41, 5.74) is -0.390. The van der Waals surface area contributed by atoms with Crippen molar-refractivity contribution in [2.45, 2.75) is 12.7 Å². The molecule has 1 atom stereocenters. The molecule has 4 nitrogen and oxygen atoms in total. The van der Waals surface area contributed by atoms with Gasteiger partial charge in [-0.2, -0.15) is 8.78 Å². The molecule has 0 amide bonds. The van der Waals surface area contributed by atoms with Gasteiger partial charge in [-0.1, -0.05) is 23.2 Å². The minimum absolute atomic E-state index is 0.161. The molecule has 0 aliphatic carbocycles. The molecule has 0 heterocycles. The number of carboxylic acid groups (broad SMARTS) is 1. The van der Waals surface area contributed by atoms with Gasteiger partial charge in [0.05, 0.1) is 5.02 Å². The molecule has 0 bridgehead atoms. The van der Waals surface area contributed by atoms with Crippen LogP contribution in [0.2, 0.25) is 10.0 Å². The maximum Gasteiger partial charge on any atom is 0.387 e. The number of aliphatic carboxylic acids is 1. The van der Waals surface area contributed by atoms with Gasteiger partial charge in [-0.25, -0.2) is 4.79 Å². The lowest BCUT2D eigenvalue weighted by Gasteiger charge is -2.14. The van der Waals surface area contributed by atoms with Gasteiger partial charge in [0, 0.05) is 10.6 Å². The minimum Gasteiger partial charge on any atom is -0.479 e. The zero-order valence-electron chi connectivity index (χ0n) is 8.03. The van der Waals surface area contributed by atoms with Crippen LogP contribution < -0.4 is 4.74 Å². The highest BCUT2D eigenvalue weighted by atomic mass is 35.5. The maximum atomic E-state index is 12.0. The molecule has 94 valence electrons. The number of aliphatic hydroxyl groups is 1. The van der Waals surface area contributed by atoms with Gasteiger partial charge in [0.25, 0.3) is 0 Å². The Morgan fingerprint density at radius 3 is 2.41 bits per heavy atom. The maximum absolute atomic E-state index is 12.0. The molecule has 0 aliphatic rings. The Morgan fingerprint density at radius 2 is 1.94 bits per heavy atom. The zero-order chi connectivity index (χ0) is 13.2. The van der Waals surface area contributed by atoms with Crippen LogP contribution in [0.5, 0.6) is 5.75 Å². The Kier molecular flexibility index (Phi) is 4.50. The lowest BCUT2D eigenvalue weighted by Crippen LogP contribution is -2.12. The first-order chi connectivity index (χ1) is 7.84. The third-order valence-corrected chi connectivity index (χ3v) is 2.53.